The van der Waals surface area contributed by atoms with Gasteiger partial charge in [0.15, 0.2) is 17.5 Å². The van der Waals surface area contributed by atoms with E-state index in [2.05, 4.69) is 16.0 Å². The van der Waals surface area contributed by atoms with Crippen molar-refractivity contribution in [2.45, 2.75) is 32.6 Å². The minimum atomic E-state index is -0.887. The van der Waals surface area contributed by atoms with Crippen LogP contribution >= 0.6 is 0 Å². The standard InChI is InChI=1S/C27H23F3N2/c1-2-3-4-5-19-16-31-27(32-17-19)22-11-12-23-21(15-22)10-9-20(26(23)30)8-6-18-7-13-24(28)25(29)14-18/h2-3,7,9-17H,4-6,8H2,1H3/b3-2+. The molecular weight excluding hydrogens is 409 g/mol. The summed E-state index contributed by atoms with van der Waals surface area (Å²) in [5.41, 5.74) is 3.07. The van der Waals surface area contributed by atoms with Crippen molar-refractivity contribution in [3.8, 4) is 11.4 Å². The van der Waals surface area contributed by atoms with Gasteiger partial charge in [-0.1, -0.05) is 42.5 Å². The van der Waals surface area contributed by atoms with Crippen molar-refractivity contribution >= 4 is 10.8 Å². The van der Waals surface area contributed by atoms with Crippen LogP contribution in [0.3, 0.4) is 0 Å². The predicted molar refractivity (Wildman–Crippen MR) is 122 cm³/mol. The molecule has 0 N–H and O–H groups in total. The van der Waals surface area contributed by atoms with Crippen molar-refractivity contribution in [2.24, 2.45) is 0 Å². The molecule has 0 atom stereocenters. The van der Waals surface area contributed by atoms with Crippen LogP contribution in [-0.4, -0.2) is 9.97 Å². The Balaban J connectivity index is 1.52. The fourth-order valence-corrected chi connectivity index (χ4v) is 3.69. The van der Waals surface area contributed by atoms with Gasteiger partial charge in [-0.25, -0.2) is 23.1 Å². The lowest BCUT2D eigenvalue weighted by atomic mass is 9.99. The van der Waals surface area contributed by atoms with Gasteiger partial charge in [0.25, 0.3) is 0 Å². The molecule has 1 heterocycles. The largest absolute Gasteiger partial charge is 0.236 e. The van der Waals surface area contributed by atoms with E-state index in [1.807, 2.05) is 43.6 Å². The first-order valence-corrected chi connectivity index (χ1v) is 10.6. The molecule has 0 saturated carbocycles. The van der Waals surface area contributed by atoms with Crippen LogP contribution in [0.4, 0.5) is 13.2 Å². The lowest BCUT2D eigenvalue weighted by Crippen LogP contribution is -1.98. The molecule has 0 bridgehead atoms. The van der Waals surface area contributed by atoms with E-state index < -0.39 is 11.6 Å². The molecule has 0 spiro atoms. The molecule has 0 aliphatic heterocycles. The van der Waals surface area contributed by atoms with Crippen LogP contribution in [0.2, 0.25) is 0 Å². The van der Waals surface area contributed by atoms with E-state index in [0.29, 0.717) is 35.2 Å². The van der Waals surface area contributed by atoms with E-state index >= 15 is 4.39 Å². The molecular formula is C27H23F3N2. The van der Waals surface area contributed by atoms with Gasteiger partial charge >= 0.3 is 0 Å². The van der Waals surface area contributed by atoms with Gasteiger partial charge in [-0.15, -0.1) is 0 Å². The van der Waals surface area contributed by atoms with Gasteiger partial charge in [-0.05, 0) is 72.9 Å². The number of fused-ring (bicyclic) bond motifs is 1. The van der Waals surface area contributed by atoms with E-state index in [1.165, 1.54) is 6.07 Å². The molecule has 162 valence electrons. The summed E-state index contributed by atoms with van der Waals surface area (Å²) >= 11 is 0. The average molecular weight is 432 g/mol. The molecule has 1 aromatic heterocycles. The van der Waals surface area contributed by atoms with Gasteiger partial charge in [-0.2, -0.15) is 0 Å². The predicted octanol–water partition coefficient (Wildman–Crippen LogP) is 7.01. The molecule has 0 radical (unpaired) electrons. The summed E-state index contributed by atoms with van der Waals surface area (Å²) in [4.78, 5) is 8.93. The van der Waals surface area contributed by atoms with Gasteiger partial charge in [-0.3, -0.25) is 0 Å². The minimum Gasteiger partial charge on any atom is -0.236 e. The first kappa shape index (κ1) is 21.8. The smallest absolute Gasteiger partial charge is 0.159 e. The van der Waals surface area contributed by atoms with Gasteiger partial charge in [0.1, 0.15) is 5.82 Å². The molecule has 0 aliphatic carbocycles. The fourth-order valence-electron chi connectivity index (χ4n) is 3.69. The number of hydrogen-bond acceptors (Lipinski definition) is 2. The lowest BCUT2D eigenvalue weighted by Gasteiger charge is -2.09. The summed E-state index contributed by atoms with van der Waals surface area (Å²) < 4.78 is 41.6. The second-order valence-electron chi connectivity index (χ2n) is 7.75. The lowest BCUT2D eigenvalue weighted by molar-refractivity contribution is 0.507. The van der Waals surface area contributed by atoms with Crippen LogP contribution in [0, 0.1) is 17.5 Å². The molecule has 0 amide bonds. The summed E-state index contributed by atoms with van der Waals surface area (Å²) in [6, 6.07) is 12.8. The second-order valence-corrected chi connectivity index (χ2v) is 7.75. The normalized spacial score (nSPS) is 11.5. The summed E-state index contributed by atoms with van der Waals surface area (Å²) in [7, 11) is 0. The number of benzene rings is 3. The first-order valence-electron chi connectivity index (χ1n) is 10.6. The maximum absolute atomic E-state index is 15.1. The molecule has 4 rings (SSSR count). The van der Waals surface area contributed by atoms with Crippen LogP contribution in [0.25, 0.3) is 22.2 Å². The van der Waals surface area contributed by atoms with Crippen LogP contribution in [0.1, 0.15) is 30.0 Å². The molecule has 4 aromatic rings. The summed E-state index contributed by atoms with van der Waals surface area (Å²) in [6.07, 6.45) is 10.5. The Hall–Kier alpha value is -3.47. The Morgan fingerprint density at radius 3 is 2.34 bits per heavy atom. The monoisotopic (exact) mass is 432 g/mol. The molecule has 0 fully saturated rings. The Kier molecular flexibility index (Phi) is 6.64. The SMILES string of the molecule is C/C=C/CCc1cnc(-c2ccc3c(F)c(CCc4ccc(F)c(F)c4)ccc3c2)nc1. The third kappa shape index (κ3) is 4.88. The van der Waals surface area contributed by atoms with Crippen molar-refractivity contribution in [3.63, 3.8) is 0 Å². The Morgan fingerprint density at radius 1 is 0.781 bits per heavy atom. The second kappa shape index (κ2) is 9.77. The Labute approximate surface area is 185 Å². The molecule has 0 saturated heterocycles. The average Bonchev–Trinajstić information content (AvgIpc) is 2.81. The van der Waals surface area contributed by atoms with Crippen molar-refractivity contribution in [3.05, 3.63) is 107 Å². The number of halogens is 3. The zero-order chi connectivity index (χ0) is 22.5. The van der Waals surface area contributed by atoms with Gasteiger partial charge in [0, 0.05) is 23.3 Å². The number of nitrogens with zero attached hydrogens (tertiary/aromatic N) is 2. The van der Waals surface area contributed by atoms with Crippen LogP contribution in [0.15, 0.2) is 73.1 Å². The zero-order valence-corrected chi connectivity index (χ0v) is 17.8. The highest BCUT2D eigenvalue weighted by atomic mass is 19.2. The van der Waals surface area contributed by atoms with Crippen molar-refractivity contribution in [1.29, 1.82) is 0 Å². The number of rotatable bonds is 7. The molecule has 5 heteroatoms. The van der Waals surface area contributed by atoms with E-state index in [1.54, 1.807) is 12.1 Å². The van der Waals surface area contributed by atoms with Gasteiger partial charge < -0.3 is 0 Å². The summed E-state index contributed by atoms with van der Waals surface area (Å²) in [6.45, 7) is 2.00. The summed E-state index contributed by atoms with van der Waals surface area (Å²) in [5, 5.41) is 1.27. The van der Waals surface area contributed by atoms with Gasteiger partial charge in [0.2, 0.25) is 0 Å². The van der Waals surface area contributed by atoms with Crippen LogP contribution < -0.4 is 0 Å². The quantitative estimate of drug-likeness (QED) is 0.294. The fraction of sp³-hybridized carbons (Fsp3) is 0.185. The maximum Gasteiger partial charge on any atom is 0.159 e. The highest BCUT2D eigenvalue weighted by molar-refractivity contribution is 5.87. The first-order chi connectivity index (χ1) is 15.5. The molecule has 32 heavy (non-hydrogen) atoms. The van der Waals surface area contributed by atoms with E-state index in [0.717, 1.165) is 41.5 Å². The van der Waals surface area contributed by atoms with Crippen molar-refractivity contribution in [2.75, 3.05) is 0 Å². The third-order valence-electron chi connectivity index (χ3n) is 5.50. The van der Waals surface area contributed by atoms with Gasteiger partial charge in [0.05, 0.1) is 0 Å². The van der Waals surface area contributed by atoms with Crippen molar-refractivity contribution < 1.29 is 13.2 Å². The number of hydrogen-bond donors (Lipinski definition) is 0. The topological polar surface area (TPSA) is 25.8 Å². The summed E-state index contributed by atoms with van der Waals surface area (Å²) in [5.74, 6) is -1.46. The molecule has 2 nitrogen and oxygen atoms in total. The number of aromatic nitrogens is 2. The van der Waals surface area contributed by atoms with Crippen LogP contribution in [-0.2, 0) is 19.3 Å². The Morgan fingerprint density at radius 2 is 1.59 bits per heavy atom. The Bertz CT molecular complexity index is 1260. The third-order valence-corrected chi connectivity index (χ3v) is 5.50. The maximum atomic E-state index is 15.1. The highest BCUT2D eigenvalue weighted by Crippen LogP contribution is 2.27. The van der Waals surface area contributed by atoms with Crippen LogP contribution in [0.5, 0.6) is 0 Å². The van der Waals surface area contributed by atoms with E-state index in [-0.39, 0.29) is 5.82 Å². The van der Waals surface area contributed by atoms with Crippen molar-refractivity contribution in [1.82, 2.24) is 9.97 Å². The molecule has 0 unspecified atom stereocenters. The minimum absolute atomic E-state index is 0.295. The van der Waals surface area contributed by atoms with E-state index in [9.17, 15) is 8.78 Å². The van der Waals surface area contributed by atoms with E-state index in [4.69, 9.17) is 0 Å². The number of allylic oxidation sites excluding steroid dienone is 2. The zero-order valence-electron chi connectivity index (χ0n) is 17.8. The molecule has 3 aromatic carbocycles. The number of aryl methyl sites for hydroxylation is 3. The highest BCUT2D eigenvalue weighted by Gasteiger charge is 2.11. The molecule has 0 aliphatic rings.